The van der Waals surface area contributed by atoms with Gasteiger partial charge in [-0.2, -0.15) is 0 Å². The van der Waals surface area contributed by atoms with Crippen LogP contribution in [-0.2, 0) is 0 Å². The molecule has 98 valence electrons. The molecule has 0 spiro atoms. The smallest absolute Gasteiger partial charge is 0.0250 e. The van der Waals surface area contributed by atoms with E-state index in [1.165, 1.54) is 70.8 Å². The number of hydrogen-bond donors (Lipinski definition) is 1. The maximum absolute atomic E-state index is 6.39. The molecule has 0 aromatic rings. The van der Waals surface area contributed by atoms with Crippen molar-refractivity contribution in [2.24, 2.45) is 11.7 Å². The number of nitrogens with zero attached hydrogens (tertiary/aromatic N) is 1. The minimum atomic E-state index is 0.462. The van der Waals surface area contributed by atoms with Crippen LogP contribution in [0.2, 0.25) is 0 Å². The number of piperidine rings is 1. The van der Waals surface area contributed by atoms with Gasteiger partial charge in [0.15, 0.2) is 0 Å². The fourth-order valence-corrected chi connectivity index (χ4v) is 4.63. The SMILES string of the molecule is NC1CCCCC1N1CCC[C@H]2CCCC[C@H]21. The van der Waals surface area contributed by atoms with Crippen molar-refractivity contribution in [1.82, 2.24) is 4.90 Å². The van der Waals surface area contributed by atoms with Crippen LogP contribution in [0.1, 0.15) is 64.2 Å². The molecule has 2 unspecified atom stereocenters. The van der Waals surface area contributed by atoms with Crippen LogP contribution in [-0.4, -0.2) is 29.6 Å². The Balaban J connectivity index is 1.71. The Labute approximate surface area is 106 Å². The largest absolute Gasteiger partial charge is 0.326 e. The quantitative estimate of drug-likeness (QED) is 0.758. The van der Waals surface area contributed by atoms with Gasteiger partial charge in [0.2, 0.25) is 0 Å². The average Bonchev–Trinajstić information content (AvgIpc) is 2.39. The van der Waals surface area contributed by atoms with Gasteiger partial charge in [-0.05, 0) is 51.0 Å². The molecule has 1 aliphatic heterocycles. The van der Waals surface area contributed by atoms with Gasteiger partial charge in [-0.15, -0.1) is 0 Å². The molecule has 2 saturated carbocycles. The molecule has 1 heterocycles. The first-order valence-electron chi connectivity index (χ1n) is 7.87. The van der Waals surface area contributed by atoms with Gasteiger partial charge in [0.1, 0.15) is 0 Å². The van der Waals surface area contributed by atoms with Crippen molar-refractivity contribution in [3.05, 3.63) is 0 Å². The summed E-state index contributed by atoms with van der Waals surface area (Å²) in [5.74, 6) is 1.01. The Morgan fingerprint density at radius 3 is 2.18 bits per heavy atom. The summed E-state index contributed by atoms with van der Waals surface area (Å²) in [7, 11) is 0. The molecule has 2 nitrogen and oxygen atoms in total. The Kier molecular flexibility index (Phi) is 3.72. The lowest BCUT2D eigenvalue weighted by molar-refractivity contribution is 0.00604. The van der Waals surface area contributed by atoms with Crippen molar-refractivity contribution >= 4 is 0 Å². The molecule has 2 heteroatoms. The van der Waals surface area contributed by atoms with Crippen molar-refractivity contribution in [2.45, 2.75) is 82.3 Å². The second-order valence-electron chi connectivity index (χ2n) is 6.51. The van der Waals surface area contributed by atoms with Crippen LogP contribution < -0.4 is 5.73 Å². The van der Waals surface area contributed by atoms with Crippen LogP contribution in [0.5, 0.6) is 0 Å². The maximum atomic E-state index is 6.39. The van der Waals surface area contributed by atoms with Crippen LogP contribution in [0.15, 0.2) is 0 Å². The van der Waals surface area contributed by atoms with Crippen molar-refractivity contribution in [2.75, 3.05) is 6.54 Å². The van der Waals surface area contributed by atoms with Crippen LogP contribution in [0.25, 0.3) is 0 Å². The molecular formula is C15H28N2. The fraction of sp³-hybridized carbons (Fsp3) is 1.00. The summed E-state index contributed by atoms with van der Waals surface area (Å²) >= 11 is 0. The van der Waals surface area contributed by atoms with E-state index >= 15 is 0 Å². The van der Waals surface area contributed by atoms with Gasteiger partial charge in [0.25, 0.3) is 0 Å². The molecule has 2 aliphatic carbocycles. The summed E-state index contributed by atoms with van der Waals surface area (Å²) in [6, 6.07) is 2.07. The molecule has 1 saturated heterocycles. The predicted octanol–water partition coefficient (Wildman–Crippen LogP) is 2.91. The van der Waals surface area contributed by atoms with Crippen molar-refractivity contribution < 1.29 is 0 Å². The van der Waals surface area contributed by atoms with E-state index in [1.54, 1.807) is 0 Å². The van der Waals surface area contributed by atoms with Gasteiger partial charge in [0.05, 0.1) is 0 Å². The summed E-state index contributed by atoms with van der Waals surface area (Å²) < 4.78 is 0. The Morgan fingerprint density at radius 2 is 1.35 bits per heavy atom. The molecule has 0 amide bonds. The van der Waals surface area contributed by atoms with E-state index in [4.69, 9.17) is 5.73 Å². The third-order valence-corrected chi connectivity index (χ3v) is 5.49. The zero-order valence-electron chi connectivity index (χ0n) is 11.1. The van der Waals surface area contributed by atoms with Gasteiger partial charge < -0.3 is 5.73 Å². The zero-order valence-corrected chi connectivity index (χ0v) is 11.1. The third-order valence-electron chi connectivity index (χ3n) is 5.49. The van der Waals surface area contributed by atoms with Crippen molar-refractivity contribution in [1.29, 1.82) is 0 Å². The lowest BCUT2D eigenvalue weighted by atomic mass is 9.76. The first-order chi connectivity index (χ1) is 8.36. The van der Waals surface area contributed by atoms with E-state index in [1.807, 2.05) is 0 Å². The second kappa shape index (κ2) is 5.27. The number of nitrogens with two attached hydrogens (primary N) is 1. The lowest BCUT2D eigenvalue weighted by Gasteiger charge is -2.50. The maximum Gasteiger partial charge on any atom is 0.0250 e. The van der Waals surface area contributed by atoms with Gasteiger partial charge in [-0.1, -0.05) is 25.7 Å². The molecule has 4 atom stereocenters. The predicted molar refractivity (Wildman–Crippen MR) is 71.9 cm³/mol. The standard InChI is InChI=1S/C15H28N2/c16-13-8-2-4-10-15(13)17-11-5-7-12-6-1-3-9-14(12)17/h12-15H,1-11,16H2/t12-,13?,14-,15?/m1/s1. The fourth-order valence-electron chi connectivity index (χ4n) is 4.63. The topological polar surface area (TPSA) is 29.3 Å². The molecule has 0 radical (unpaired) electrons. The number of fused-ring (bicyclic) bond motifs is 1. The first-order valence-corrected chi connectivity index (χ1v) is 7.87. The molecule has 0 aromatic heterocycles. The van der Waals surface area contributed by atoms with E-state index in [0.717, 1.165) is 18.0 Å². The molecular weight excluding hydrogens is 208 g/mol. The first kappa shape index (κ1) is 12.0. The summed E-state index contributed by atoms with van der Waals surface area (Å²) in [5, 5.41) is 0. The summed E-state index contributed by atoms with van der Waals surface area (Å²) in [6.45, 7) is 1.33. The van der Waals surface area contributed by atoms with Crippen molar-refractivity contribution in [3.63, 3.8) is 0 Å². The average molecular weight is 236 g/mol. The van der Waals surface area contributed by atoms with Gasteiger partial charge in [-0.25, -0.2) is 0 Å². The molecule has 2 N–H and O–H groups in total. The highest BCUT2D eigenvalue weighted by atomic mass is 15.2. The lowest BCUT2D eigenvalue weighted by Crippen LogP contribution is -2.57. The van der Waals surface area contributed by atoms with Gasteiger partial charge >= 0.3 is 0 Å². The van der Waals surface area contributed by atoms with Crippen LogP contribution in [0.3, 0.4) is 0 Å². The van der Waals surface area contributed by atoms with Gasteiger partial charge in [0, 0.05) is 18.1 Å². The molecule has 17 heavy (non-hydrogen) atoms. The van der Waals surface area contributed by atoms with E-state index in [0.29, 0.717) is 6.04 Å². The highest BCUT2D eigenvalue weighted by molar-refractivity contribution is 4.95. The van der Waals surface area contributed by atoms with E-state index < -0.39 is 0 Å². The van der Waals surface area contributed by atoms with E-state index in [2.05, 4.69) is 4.90 Å². The third kappa shape index (κ3) is 2.39. The highest BCUT2D eigenvalue weighted by Crippen LogP contribution is 2.38. The van der Waals surface area contributed by atoms with Crippen molar-refractivity contribution in [3.8, 4) is 0 Å². The van der Waals surface area contributed by atoms with E-state index in [-0.39, 0.29) is 0 Å². The Morgan fingerprint density at radius 1 is 0.706 bits per heavy atom. The van der Waals surface area contributed by atoms with Crippen LogP contribution in [0, 0.1) is 5.92 Å². The second-order valence-corrected chi connectivity index (χ2v) is 6.51. The highest BCUT2D eigenvalue weighted by Gasteiger charge is 2.38. The Hall–Kier alpha value is -0.0800. The van der Waals surface area contributed by atoms with E-state index in [9.17, 15) is 0 Å². The molecule has 3 rings (SSSR count). The Bertz CT molecular complexity index is 245. The summed E-state index contributed by atoms with van der Waals surface area (Å²) in [5.41, 5.74) is 6.39. The summed E-state index contributed by atoms with van der Waals surface area (Å²) in [6.07, 6.45) is 14.2. The molecule has 3 fully saturated rings. The summed E-state index contributed by atoms with van der Waals surface area (Å²) in [4.78, 5) is 2.84. The van der Waals surface area contributed by atoms with Crippen LogP contribution in [0.4, 0.5) is 0 Å². The van der Waals surface area contributed by atoms with Crippen LogP contribution >= 0.6 is 0 Å². The normalized spacial score (nSPS) is 44.3. The minimum absolute atomic E-state index is 0.462. The zero-order chi connectivity index (χ0) is 11.7. The number of likely N-dealkylation sites (tertiary alicyclic amines) is 1. The number of hydrogen-bond acceptors (Lipinski definition) is 2. The molecule has 0 aromatic carbocycles. The monoisotopic (exact) mass is 236 g/mol. The van der Waals surface area contributed by atoms with Gasteiger partial charge in [-0.3, -0.25) is 4.90 Å². The molecule has 0 bridgehead atoms. The molecule has 3 aliphatic rings. The number of rotatable bonds is 1. The minimum Gasteiger partial charge on any atom is -0.326 e.